The Morgan fingerprint density at radius 1 is 0.980 bits per heavy atom. The Morgan fingerprint density at radius 3 is 2.43 bits per heavy atom. The van der Waals surface area contributed by atoms with Gasteiger partial charge in [-0.05, 0) is 80.0 Å². The van der Waals surface area contributed by atoms with E-state index in [-0.39, 0.29) is 30.7 Å². The number of sulfonamides is 1. The van der Waals surface area contributed by atoms with Crippen LogP contribution in [-0.2, 0) is 27.0 Å². The molecule has 8 N–H and O–H groups in total. The minimum atomic E-state index is -3.90. The van der Waals surface area contributed by atoms with Crippen molar-refractivity contribution in [3.05, 3.63) is 77.1 Å². The number of unbranched alkanes of at least 4 members (excludes halogenated alkanes) is 1. The van der Waals surface area contributed by atoms with E-state index in [4.69, 9.17) is 26.2 Å². The lowest BCUT2D eigenvalue weighted by Gasteiger charge is -2.28. The zero-order chi connectivity index (χ0) is 36.6. The van der Waals surface area contributed by atoms with Crippen LogP contribution in [0.3, 0.4) is 0 Å². The van der Waals surface area contributed by atoms with Gasteiger partial charge in [-0.3, -0.25) is 4.98 Å². The summed E-state index contributed by atoms with van der Waals surface area (Å²) in [6.45, 7) is -1.24. The molecule has 278 valence electrons. The van der Waals surface area contributed by atoms with E-state index in [1.807, 2.05) is 36.5 Å². The molecule has 16 heteroatoms. The van der Waals surface area contributed by atoms with E-state index in [9.17, 15) is 33.6 Å². The van der Waals surface area contributed by atoms with Gasteiger partial charge in [0.1, 0.15) is 24.1 Å². The van der Waals surface area contributed by atoms with Crippen molar-refractivity contribution in [2.45, 2.75) is 86.1 Å². The van der Waals surface area contributed by atoms with Gasteiger partial charge in [0.15, 0.2) is 0 Å². The van der Waals surface area contributed by atoms with E-state index in [0.29, 0.717) is 23.4 Å². The van der Waals surface area contributed by atoms with Crippen molar-refractivity contribution in [2.75, 3.05) is 26.3 Å². The van der Waals surface area contributed by atoms with Crippen LogP contribution in [0, 0.1) is 0 Å². The van der Waals surface area contributed by atoms with Gasteiger partial charge in [-0.25, -0.2) is 17.9 Å². The van der Waals surface area contributed by atoms with E-state index in [1.54, 1.807) is 6.20 Å². The fraction of sp³-hybridized carbons (Fsp3) is 0.486. The number of ether oxygens (including phenoxy) is 2. The number of para-hydroxylation sites is 1. The molecular weight excluding hydrogens is 704 g/mol. The molecule has 51 heavy (non-hydrogen) atoms. The van der Waals surface area contributed by atoms with Crippen LogP contribution in [0.5, 0.6) is 5.75 Å². The first-order valence-electron chi connectivity index (χ1n) is 16.9. The third kappa shape index (κ3) is 10.2. The molecule has 0 bridgehead atoms. The second-order valence-corrected chi connectivity index (χ2v) is 15.0. The number of aliphatic hydroxyl groups is 5. The van der Waals surface area contributed by atoms with Crippen LogP contribution in [0.2, 0.25) is 5.02 Å². The number of aliphatic hydroxyl groups excluding tert-OH is 5. The van der Waals surface area contributed by atoms with Crippen LogP contribution >= 0.6 is 11.6 Å². The Bertz CT molecular complexity index is 1740. The first-order valence-corrected chi connectivity index (χ1v) is 18.8. The summed E-state index contributed by atoms with van der Waals surface area (Å²) in [6, 6.07) is 12.3. The highest BCUT2D eigenvalue weighted by atomic mass is 35.5. The van der Waals surface area contributed by atoms with Gasteiger partial charge in [0.2, 0.25) is 10.0 Å². The number of pyridine rings is 1. The summed E-state index contributed by atoms with van der Waals surface area (Å²) in [6.07, 6.45) is 3.02. The van der Waals surface area contributed by atoms with Crippen molar-refractivity contribution < 1.29 is 48.2 Å². The number of benzene rings is 2. The summed E-state index contributed by atoms with van der Waals surface area (Å²) in [5, 5.41) is 52.9. The van der Waals surface area contributed by atoms with Crippen LogP contribution in [0.1, 0.15) is 49.7 Å². The summed E-state index contributed by atoms with van der Waals surface area (Å²) < 4.78 is 41.5. The Hall–Kier alpha value is -3.38. The van der Waals surface area contributed by atoms with E-state index in [2.05, 4.69) is 20.3 Å². The second-order valence-electron chi connectivity index (χ2n) is 12.8. The Morgan fingerprint density at radius 2 is 1.73 bits per heavy atom. The van der Waals surface area contributed by atoms with Gasteiger partial charge >= 0.3 is 6.03 Å². The normalized spacial score (nSPS) is 17.6. The SMILES string of the molecule is O=C(NCCCCNS(=O)(=O)c1ccc(Cl)c(COC2(c3cnccc3-c3ccccc3OC3CC3)CC2)c1)N[C@H](CO)[C@H](O)[C@@H](O)[C@@H](O)CO. The van der Waals surface area contributed by atoms with E-state index in [1.165, 1.54) is 18.2 Å². The molecule has 1 heterocycles. The zero-order valence-corrected chi connectivity index (χ0v) is 29.5. The maximum Gasteiger partial charge on any atom is 0.315 e. The number of halogens is 1. The third-order valence-electron chi connectivity index (χ3n) is 8.88. The Kier molecular flexibility index (Phi) is 13.3. The molecule has 0 spiro atoms. The number of aromatic nitrogens is 1. The van der Waals surface area contributed by atoms with Crippen molar-refractivity contribution in [1.82, 2.24) is 20.3 Å². The van der Waals surface area contributed by atoms with Gasteiger partial charge < -0.3 is 45.6 Å². The van der Waals surface area contributed by atoms with Gasteiger partial charge in [-0.1, -0.05) is 29.8 Å². The lowest BCUT2D eigenvalue weighted by molar-refractivity contribution is -0.0902. The standard InChI is InChI=1S/C35H45ClN4O10S/c36-28-10-9-24(51(47,48)39-15-4-3-14-38-34(46)40-29(19-41)32(44)33(45)30(43)20-42)17-22(28)21-49-35(12-13-35)27-18-37-16-11-25(27)26-5-1-2-6-31(26)50-23-7-8-23/h1-2,5-6,9-11,16-18,23,29-30,32-33,39,41-45H,3-4,7-8,12-15,19-21H2,(H2,38,40,46)/t29-,30+,32+,33+/m1/s1. The van der Waals surface area contributed by atoms with Crippen LogP contribution in [-0.4, -0.2) is 102 Å². The van der Waals surface area contributed by atoms with Gasteiger partial charge in [-0.2, -0.15) is 0 Å². The molecular formula is C35H45ClN4O10S. The predicted octanol–water partition coefficient (Wildman–Crippen LogP) is 1.94. The third-order valence-corrected chi connectivity index (χ3v) is 10.7. The van der Waals surface area contributed by atoms with Crippen molar-refractivity contribution in [1.29, 1.82) is 0 Å². The first kappa shape index (κ1) is 38.8. The monoisotopic (exact) mass is 748 g/mol. The van der Waals surface area contributed by atoms with Crippen molar-refractivity contribution in [3.8, 4) is 16.9 Å². The number of rotatable bonds is 20. The molecule has 14 nitrogen and oxygen atoms in total. The largest absolute Gasteiger partial charge is 0.490 e. The molecule has 3 aromatic rings. The average molecular weight is 749 g/mol. The highest BCUT2D eigenvalue weighted by molar-refractivity contribution is 7.89. The molecule has 5 rings (SSSR count). The highest BCUT2D eigenvalue weighted by Crippen LogP contribution is 2.53. The predicted molar refractivity (Wildman–Crippen MR) is 187 cm³/mol. The molecule has 0 aliphatic heterocycles. The Labute approximate surface area is 301 Å². The number of carbonyl (C=O) groups excluding carboxylic acids is 1. The van der Waals surface area contributed by atoms with E-state index < -0.39 is 59.2 Å². The van der Waals surface area contributed by atoms with Gasteiger partial charge in [0.25, 0.3) is 0 Å². The molecule has 2 fully saturated rings. The van der Waals surface area contributed by atoms with E-state index in [0.717, 1.165) is 48.1 Å². The number of urea groups is 1. The van der Waals surface area contributed by atoms with E-state index >= 15 is 0 Å². The van der Waals surface area contributed by atoms with Crippen LogP contribution in [0.25, 0.3) is 11.1 Å². The summed E-state index contributed by atoms with van der Waals surface area (Å²) >= 11 is 6.50. The summed E-state index contributed by atoms with van der Waals surface area (Å²) in [5.74, 6) is 0.820. The molecule has 4 atom stereocenters. The van der Waals surface area contributed by atoms with Gasteiger partial charge in [-0.15, -0.1) is 0 Å². The highest BCUT2D eigenvalue weighted by Gasteiger charge is 2.48. The quantitative estimate of drug-likeness (QED) is 0.0781. The molecule has 0 saturated heterocycles. The minimum absolute atomic E-state index is 0.0307. The fourth-order valence-electron chi connectivity index (χ4n) is 5.57. The molecule has 1 aromatic heterocycles. The smallest absolute Gasteiger partial charge is 0.315 e. The molecule has 2 aromatic carbocycles. The molecule has 2 saturated carbocycles. The number of amides is 2. The number of hydrogen-bond donors (Lipinski definition) is 8. The second kappa shape index (κ2) is 17.4. The number of carbonyl (C=O) groups is 1. The van der Waals surface area contributed by atoms with Gasteiger partial charge in [0.05, 0.1) is 42.5 Å². The first-order chi connectivity index (χ1) is 24.5. The molecule has 2 aliphatic carbocycles. The maximum absolute atomic E-state index is 13.1. The van der Waals surface area contributed by atoms with Crippen LogP contribution < -0.4 is 20.1 Å². The maximum atomic E-state index is 13.1. The topological polar surface area (TPSA) is 220 Å². The van der Waals surface area contributed by atoms with Crippen molar-refractivity contribution in [2.24, 2.45) is 0 Å². The summed E-state index contributed by atoms with van der Waals surface area (Å²) in [5.41, 5.74) is 2.81. The lowest BCUT2D eigenvalue weighted by atomic mass is 9.96. The summed E-state index contributed by atoms with van der Waals surface area (Å²) in [4.78, 5) is 16.6. The minimum Gasteiger partial charge on any atom is -0.490 e. The molecule has 2 amide bonds. The zero-order valence-electron chi connectivity index (χ0n) is 27.9. The van der Waals surface area contributed by atoms with Crippen LogP contribution in [0.15, 0.2) is 65.8 Å². The molecule has 2 aliphatic rings. The summed E-state index contributed by atoms with van der Waals surface area (Å²) in [7, 11) is -3.90. The molecule has 0 unspecified atom stereocenters. The molecule has 0 radical (unpaired) electrons. The Balaban J connectivity index is 1.12. The lowest BCUT2D eigenvalue weighted by Crippen LogP contribution is -2.56. The van der Waals surface area contributed by atoms with Gasteiger partial charge in [0, 0.05) is 41.6 Å². The fourth-order valence-corrected chi connectivity index (χ4v) is 6.87. The number of hydrogen-bond acceptors (Lipinski definition) is 11. The van der Waals surface area contributed by atoms with Crippen molar-refractivity contribution >= 4 is 27.7 Å². The average Bonchev–Trinajstić information content (AvgIpc) is 4.08. The van der Waals surface area contributed by atoms with Crippen molar-refractivity contribution in [3.63, 3.8) is 0 Å². The number of nitrogens with zero attached hydrogens (tertiary/aromatic N) is 1. The number of nitrogens with one attached hydrogen (secondary N) is 3. The van der Waals surface area contributed by atoms with Crippen LogP contribution in [0.4, 0.5) is 4.79 Å².